The van der Waals surface area contributed by atoms with E-state index in [1.54, 1.807) is 24.0 Å². The van der Waals surface area contributed by atoms with Gasteiger partial charge in [0.05, 0.1) is 18.9 Å². The summed E-state index contributed by atoms with van der Waals surface area (Å²) in [4.78, 5) is 4.59. The molecule has 3 N–H and O–H groups in total. The number of nitrogens with one attached hydrogen (secondary N) is 1. The second kappa shape index (κ2) is 6.02. The largest absolute Gasteiger partial charge is 0.496 e. The van der Waals surface area contributed by atoms with E-state index in [4.69, 9.17) is 10.5 Å². The average Bonchev–Trinajstić information content (AvgIpc) is 3.37. The lowest BCUT2D eigenvalue weighted by Gasteiger charge is -2.15. The molecule has 0 unspecified atom stereocenters. The smallest absolute Gasteiger partial charge is 0.184 e. The number of ether oxygens (including phenoxy) is 1. The highest BCUT2D eigenvalue weighted by Crippen LogP contribution is 2.40. The number of hydrogen-bond donors (Lipinski definition) is 2. The van der Waals surface area contributed by atoms with Crippen molar-refractivity contribution < 1.29 is 4.74 Å². The lowest BCUT2D eigenvalue weighted by atomic mass is 9.97. The third-order valence-electron chi connectivity index (χ3n) is 4.79. The summed E-state index contributed by atoms with van der Waals surface area (Å²) < 4.78 is 7.22. The molecule has 0 aliphatic heterocycles. The predicted molar refractivity (Wildman–Crippen MR) is 105 cm³/mol. The van der Waals surface area contributed by atoms with Gasteiger partial charge >= 0.3 is 0 Å². The molecule has 2 aromatic carbocycles. The Morgan fingerprint density at radius 3 is 2.75 bits per heavy atom. The van der Waals surface area contributed by atoms with Gasteiger partial charge in [0.15, 0.2) is 11.5 Å². The van der Waals surface area contributed by atoms with E-state index in [0.717, 1.165) is 33.2 Å². The number of anilines is 1. The van der Waals surface area contributed by atoms with Gasteiger partial charge in [0.1, 0.15) is 11.6 Å². The molecule has 0 saturated carbocycles. The number of benzene rings is 2. The minimum absolute atomic E-state index is 0.455. The summed E-state index contributed by atoms with van der Waals surface area (Å²) in [6.45, 7) is 2.05. The van der Waals surface area contributed by atoms with Gasteiger partial charge in [-0.15, -0.1) is 5.10 Å². The van der Waals surface area contributed by atoms with Crippen LogP contribution in [0.2, 0.25) is 0 Å². The summed E-state index contributed by atoms with van der Waals surface area (Å²) in [6, 6.07) is 10.2. The number of nitrogens with zero attached hydrogens (tertiary/aromatic N) is 6. The Hall–Kier alpha value is -4.01. The van der Waals surface area contributed by atoms with Gasteiger partial charge in [-0.1, -0.05) is 29.8 Å². The summed E-state index contributed by atoms with van der Waals surface area (Å²) >= 11 is 0. The van der Waals surface area contributed by atoms with Crippen LogP contribution in [-0.4, -0.2) is 42.3 Å². The summed E-state index contributed by atoms with van der Waals surface area (Å²) in [5, 5.41) is 20.4. The number of methoxy groups -OCH3 is 1. The molecule has 0 saturated heterocycles. The van der Waals surface area contributed by atoms with E-state index in [1.807, 2.05) is 12.1 Å². The first kappa shape index (κ1) is 16.2. The minimum atomic E-state index is 0.455. The SMILES string of the molecule is COc1ccc2ccc(C)cc2c1-c1cnc2c(-c3nnn[nH]3)cnn2c1N. The number of H-pyrrole nitrogens is 1. The van der Waals surface area contributed by atoms with Crippen molar-refractivity contribution in [3.05, 3.63) is 48.3 Å². The van der Waals surface area contributed by atoms with Crippen LogP contribution in [-0.2, 0) is 0 Å². The Balaban J connectivity index is 1.81. The second-order valence-electron chi connectivity index (χ2n) is 6.47. The molecule has 0 radical (unpaired) electrons. The summed E-state index contributed by atoms with van der Waals surface area (Å²) in [5.74, 6) is 1.65. The Morgan fingerprint density at radius 1 is 1.11 bits per heavy atom. The van der Waals surface area contributed by atoms with Crippen molar-refractivity contribution in [2.75, 3.05) is 12.8 Å². The van der Waals surface area contributed by atoms with E-state index in [1.165, 1.54) is 0 Å². The molecule has 138 valence electrons. The molecule has 3 aromatic heterocycles. The lowest BCUT2D eigenvalue weighted by molar-refractivity contribution is 0.417. The molecule has 0 atom stereocenters. The number of hydrogen-bond acceptors (Lipinski definition) is 7. The number of fused-ring (bicyclic) bond motifs is 2. The van der Waals surface area contributed by atoms with Crippen LogP contribution in [0.4, 0.5) is 5.82 Å². The standard InChI is InChI=1S/C19H16N8O/c1-10-3-4-11-5-6-15(28-2)16(12(11)7-10)13-8-21-19-14(18-23-25-26-24-18)9-22-27(19)17(13)20/h3-9H,20H2,1-2H3,(H,23,24,25,26). The Bertz CT molecular complexity index is 1320. The highest BCUT2D eigenvalue weighted by atomic mass is 16.5. The van der Waals surface area contributed by atoms with Crippen molar-refractivity contribution in [2.24, 2.45) is 0 Å². The Kier molecular flexibility index (Phi) is 3.48. The first-order chi connectivity index (χ1) is 13.7. The second-order valence-corrected chi connectivity index (χ2v) is 6.47. The molecule has 0 bridgehead atoms. The quantitative estimate of drug-likeness (QED) is 0.499. The van der Waals surface area contributed by atoms with Gasteiger partial charge < -0.3 is 10.5 Å². The number of aromatic amines is 1. The van der Waals surface area contributed by atoms with Crippen LogP contribution < -0.4 is 10.5 Å². The fraction of sp³-hybridized carbons (Fsp3) is 0.105. The molecular formula is C19H16N8O. The van der Waals surface area contributed by atoms with E-state index in [-0.39, 0.29) is 0 Å². The van der Waals surface area contributed by atoms with E-state index in [2.05, 4.69) is 55.8 Å². The molecule has 3 heterocycles. The van der Waals surface area contributed by atoms with Crippen LogP contribution >= 0.6 is 0 Å². The zero-order valence-corrected chi connectivity index (χ0v) is 15.2. The van der Waals surface area contributed by atoms with E-state index >= 15 is 0 Å². The number of tetrazole rings is 1. The lowest BCUT2D eigenvalue weighted by Crippen LogP contribution is -2.04. The molecule has 0 spiro atoms. The van der Waals surface area contributed by atoms with E-state index in [0.29, 0.717) is 22.9 Å². The van der Waals surface area contributed by atoms with Gasteiger partial charge in [-0.2, -0.15) is 9.61 Å². The number of rotatable bonds is 3. The highest BCUT2D eigenvalue weighted by molar-refractivity contribution is 6.02. The van der Waals surface area contributed by atoms with Crippen molar-refractivity contribution in [1.82, 2.24) is 35.2 Å². The third-order valence-corrected chi connectivity index (χ3v) is 4.79. The monoisotopic (exact) mass is 372 g/mol. The normalized spacial score (nSPS) is 11.4. The first-order valence-corrected chi connectivity index (χ1v) is 8.61. The van der Waals surface area contributed by atoms with Crippen molar-refractivity contribution in [1.29, 1.82) is 0 Å². The topological polar surface area (TPSA) is 120 Å². The Morgan fingerprint density at radius 2 is 1.96 bits per heavy atom. The minimum Gasteiger partial charge on any atom is -0.496 e. The van der Waals surface area contributed by atoms with Crippen molar-refractivity contribution in [3.8, 4) is 28.3 Å². The average molecular weight is 372 g/mol. The number of aryl methyl sites for hydroxylation is 1. The molecule has 0 fully saturated rings. The molecule has 9 heteroatoms. The van der Waals surface area contributed by atoms with Gasteiger partial charge in [0.2, 0.25) is 0 Å². The molecular weight excluding hydrogens is 356 g/mol. The van der Waals surface area contributed by atoms with E-state index < -0.39 is 0 Å². The van der Waals surface area contributed by atoms with Crippen LogP contribution in [0.15, 0.2) is 42.7 Å². The maximum atomic E-state index is 6.51. The molecule has 0 amide bonds. The number of nitrogen functional groups attached to an aromatic ring is 1. The van der Waals surface area contributed by atoms with Crippen molar-refractivity contribution in [3.63, 3.8) is 0 Å². The van der Waals surface area contributed by atoms with Crippen molar-refractivity contribution >= 4 is 22.2 Å². The zero-order chi connectivity index (χ0) is 19.3. The van der Waals surface area contributed by atoms with Gasteiger partial charge in [-0.3, -0.25) is 0 Å². The maximum Gasteiger partial charge on any atom is 0.184 e. The highest BCUT2D eigenvalue weighted by Gasteiger charge is 2.19. The summed E-state index contributed by atoms with van der Waals surface area (Å²) in [7, 11) is 1.64. The zero-order valence-electron chi connectivity index (χ0n) is 15.2. The van der Waals surface area contributed by atoms with Gasteiger partial charge in [-0.05, 0) is 34.2 Å². The van der Waals surface area contributed by atoms with Crippen molar-refractivity contribution in [2.45, 2.75) is 6.92 Å². The van der Waals surface area contributed by atoms with Crippen LogP contribution in [0.25, 0.3) is 38.9 Å². The predicted octanol–water partition coefficient (Wildman–Crippen LogP) is 2.63. The van der Waals surface area contributed by atoms with Crippen LogP contribution in [0, 0.1) is 6.92 Å². The molecule has 9 nitrogen and oxygen atoms in total. The third kappa shape index (κ3) is 2.29. The molecule has 28 heavy (non-hydrogen) atoms. The van der Waals surface area contributed by atoms with E-state index in [9.17, 15) is 0 Å². The number of nitrogens with two attached hydrogens (primary N) is 1. The Labute approximate surface area is 159 Å². The van der Waals surface area contributed by atoms with Gasteiger partial charge in [0.25, 0.3) is 0 Å². The van der Waals surface area contributed by atoms with Gasteiger partial charge in [0, 0.05) is 17.3 Å². The number of aromatic nitrogens is 7. The van der Waals surface area contributed by atoms with Crippen LogP contribution in [0.3, 0.4) is 0 Å². The van der Waals surface area contributed by atoms with Gasteiger partial charge in [-0.25, -0.2) is 10.1 Å². The fourth-order valence-electron chi connectivity index (χ4n) is 3.44. The van der Waals surface area contributed by atoms with Crippen LogP contribution in [0.1, 0.15) is 5.56 Å². The fourth-order valence-corrected chi connectivity index (χ4v) is 3.44. The summed E-state index contributed by atoms with van der Waals surface area (Å²) in [5.41, 5.74) is 10.5. The van der Waals surface area contributed by atoms with Crippen LogP contribution in [0.5, 0.6) is 5.75 Å². The summed E-state index contributed by atoms with van der Waals surface area (Å²) in [6.07, 6.45) is 3.37. The first-order valence-electron chi connectivity index (χ1n) is 8.61. The molecule has 0 aliphatic carbocycles. The maximum absolute atomic E-state index is 6.51. The molecule has 5 rings (SSSR count). The molecule has 0 aliphatic rings. The molecule has 5 aromatic rings.